The van der Waals surface area contributed by atoms with Gasteiger partial charge in [-0.1, -0.05) is 41.9 Å². The van der Waals surface area contributed by atoms with Crippen molar-refractivity contribution in [3.05, 3.63) is 92.1 Å². The highest BCUT2D eigenvalue weighted by atomic mass is 35.5. The Hall–Kier alpha value is -3.85. The van der Waals surface area contributed by atoms with E-state index in [1.165, 1.54) is 16.7 Å². The van der Waals surface area contributed by atoms with Gasteiger partial charge in [-0.25, -0.2) is 9.18 Å². The van der Waals surface area contributed by atoms with Crippen LogP contribution in [0.4, 0.5) is 14.9 Å². The van der Waals surface area contributed by atoms with E-state index >= 15 is 0 Å². The number of amides is 2. The Morgan fingerprint density at radius 1 is 1.11 bits per heavy atom. The van der Waals surface area contributed by atoms with Gasteiger partial charge in [-0.3, -0.25) is 9.59 Å². The largest absolute Gasteiger partial charge is 0.505 e. The lowest BCUT2D eigenvalue weighted by Gasteiger charge is -2.20. The van der Waals surface area contributed by atoms with Gasteiger partial charge in [0, 0.05) is 16.3 Å². The number of urea groups is 1. The third kappa shape index (κ3) is 5.30. The van der Waals surface area contributed by atoms with Gasteiger partial charge in [0.15, 0.2) is 5.69 Å². The Labute approximate surface area is 205 Å². The minimum atomic E-state index is -1.18. The van der Waals surface area contributed by atoms with Gasteiger partial charge >= 0.3 is 12.0 Å². The van der Waals surface area contributed by atoms with Crippen LogP contribution in [0.15, 0.2) is 53.3 Å². The Bertz CT molecular complexity index is 1340. The van der Waals surface area contributed by atoms with Crippen molar-refractivity contribution in [3.8, 4) is 5.75 Å². The molecule has 2 aromatic carbocycles. The summed E-state index contributed by atoms with van der Waals surface area (Å²) in [5.74, 6) is -1.99. The van der Waals surface area contributed by atoms with Crippen LogP contribution in [0.1, 0.15) is 41.3 Å². The molecule has 0 bridgehead atoms. The number of carbonyl (C=O) groups is 2. The number of benzene rings is 2. The van der Waals surface area contributed by atoms with E-state index < -0.39 is 35.8 Å². The van der Waals surface area contributed by atoms with Crippen LogP contribution < -0.4 is 16.2 Å². The lowest BCUT2D eigenvalue weighted by atomic mass is 10.0. The second kappa shape index (κ2) is 10.2. The lowest BCUT2D eigenvalue weighted by molar-refractivity contribution is -0.137. The molecule has 1 aliphatic carbocycles. The molecular weight excluding hydrogens is 477 g/mol. The maximum absolute atomic E-state index is 13.4. The van der Waals surface area contributed by atoms with E-state index in [-0.39, 0.29) is 18.0 Å². The van der Waals surface area contributed by atoms with E-state index in [0.717, 1.165) is 18.6 Å². The Balaban J connectivity index is 1.64. The molecule has 1 aromatic heterocycles. The maximum Gasteiger partial charge on any atom is 0.319 e. The van der Waals surface area contributed by atoms with Gasteiger partial charge in [-0.15, -0.1) is 0 Å². The number of fused-ring (bicyclic) bond motifs is 1. The van der Waals surface area contributed by atoms with Crippen molar-refractivity contribution in [2.45, 2.75) is 38.3 Å². The fourth-order valence-electron chi connectivity index (χ4n) is 4.30. The zero-order valence-electron chi connectivity index (χ0n) is 18.6. The molecule has 1 heterocycles. The van der Waals surface area contributed by atoms with Crippen LogP contribution in [-0.2, 0) is 24.2 Å². The number of anilines is 1. The molecule has 10 heteroatoms. The summed E-state index contributed by atoms with van der Waals surface area (Å²) >= 11 is 6.28. The van der Waals surface area contributed by atoms with Crippen LogP contribution in [0.3, 0.4) is 0 Å². The number of halogens is 2. The predicted octanol–water partition coefficient (Wildman–Crippen LogP) is 4.22. The molecule has 0 aliphatic heterocycles. The lowest BCUT2D eigenvalue weighted by Crippen LogP contribution is -2.37. The average molecular weight is 500 g/mol. The molecule has 8 nitrogen and oxygen atoms in total. The summed E-state index contributed by atoms with van der Waals surface area (Å²) in [6.45, 7) is 0.161. The summed E-state index contributed by atoms with van der Waals surface area (Å²) < 4.78 is 14.8. The van der Waals surface area contributed by atoms with Crippen LogP contribution in [0.5, 0.6) is 5.75 Å². The van der Waals surface area contributed by atoms with E-state index in [1.54, 1.807) is 24.3 Å². The molecule has 0 spiro atoms. The van der Waals surface area contributed by atoms with Crippen LogP contribution in [0.25, 0.3) is 0 Å². The van der Waals surface area contributed by atoms with Crippen molar-refractivity contribution < 1.29 is 24.2 Å². The highest BCUT2D eigenvalue weighted by molar-refractivity contribution is 6.31. The number of pyridine rings is 1. The molecule has 182 valence electrons. The molecular formula is C25H23ClFN3O5. The maximum atomic E-state index is 13.4. The van der Waals surface area contributed by atoms with Crippen molar-refractivity contribution in [2.24, 2.45) is 0 Å². The molecule has 4 rings (SSSR count). The summed E-state index contributed by atoms with van der Waals surface area (Å²) in [4.78, 5) is 37.5. The number of hydrogen-bond acceptors (Lipinski definition) is 4. The number of carboxylic acids is 1. The fraction of sp³-hybridized carbons (Fsp3) is 0.240. The quantitative estimate of drug-likeness (QED) is 0.388. The molecule has 0 unspecified atom stereocenters. The second-order valence-electron chi connectivity index (χ2n) is 8.29. The minimum absolute atomic E-state index is 0.161. The number of hydrogen-bond donors (Lipinski definition) is 4. The van der Waals surface area contributed by atoms with Crippen molar-refractivity contribution in [3.63, 3.8) is 0 Å². The van der Waals surface area contributed by atoms with Gasteiger partial charge in [-0.05, 0) is 48.6 Å². The van der Waals surface area contributed by atoms with Crippen molar-refractivity contribution in [1.29, 1.82) is 0 Å². The number of rotatable bonds is 7. The van der Waals surface area contributed by atoms with Gasteiger partial charge < -0.3 is 25.4 Å². The molecule has 0 fully saturated rings. The number of nitrogens with one attached hydrogen (secondary N) is 2. The third-order valence-electron chi connectivity index (χ3n) is 5.98. The van der Waals surface area contributed by atoms with Crippen molar-refractivity contribution >= 4 is 29.3 Å². The molecule has 0 radical (unpaired) electrons. The van der Waals surface area contributed by atoms with Gasteiger partial charge in [0.1, 0.15) is 11.6 Å². The van der Waals surface area contributed by atoms with E-state index in [1.807, 2.05) is 0 Å². The molecule has 0 saturated carbocycles. The first-order valence-electron chi connectivity index (χ1n) is 11.0. The highest BCUT2D eigenvalue weighted by Gasteiger charge is 2.27. The van der Waals surface area contributed by atoms with E-state index in [2.05, 4.69) is 10.6 Å². The van der Waals surface area contributed by atoms with E-state index in [9.17, 15) is 29.0 Å². The SMILES string of the molecule is O=C(O)C[C@H](NC(=O)Nc1c(O)c2c(n(Cc3ccccc3Cl)c1=O)CCC2)c1ccc(F)cc1. The molecule has 0 saturated heterocycles. The Morgan fingerprint density at radius 2 is 1.83 bits per heavy atom. The third-order valence-corrected chi connectivity index (χ3v) is 6.35. The monoisotopic (exact) mass is 499 g/mol. The van der Waals surface area contributed by atoms with Crippen LogP contribution in [0.2, 0.25) is 5.02 Å². The predicted molar refractivity (Wildman–Crippen MR) is 128 cm³/mol. The van der Waals surface area contributed by atoms with E-state index in [0.29, 0.717) is 40.2 Å². The summed E-state index contributed by atoms with van der Waals surface area (Å²) in [6, 6.07) is 10.3. The topological polar surface area (TPSA) is 121 Å². The van der Waals surface area contributed by atoms with E-state index in [4.69, 9.17) is 11.6 Å². The summed E-state index contributed by atoms with van der Waals surface area (Å²) in [5, 5.41) is 25.4. The van der Waals surface area contributed by atoms with Gasteiger partial charge in [-0.2, -0.15) is 0 Å². The zero-order chi connectivity index (χ0) is 25.1. The molecule has 35 heavy (non-hydrogen) atoms. The minimum Gasteiger partial charge on any atom is -0.505 e. The van der Waals surface area contributed by atoms with Gasteiger partial charge in [0.25, 0.3) is 5.56 Å². The molecule has 3 aromatic rings. The number of aromatic hydroxyl groups is 1. The fourth-order valence-corrected chi connectivity index (χ4v) is 4.49. The first-order chi connectivity index (χ1) is 16.7. The first-order valence-corrected chi connectivity index (χ1v) is 11.4. The summed E-state index contributed by atoms with van der Waals surface area (Å²) in [7, 11) is 0. The van der Waals surface area contributed by atoms with Crippen molar-refractivity contribution in [1.82, 2.24) is 9.88 Å². The summed E-state index contributed by atoms with van der Waals surface area (Å²) in [6.07, 6.45) is 1.41. The normalized spacial score (nSPS) is 13.2. The zero-order valence-corrected chi connectivity index (χ0v) is 19.3. The number of aliphatic carboxylic acids is 1. The van der Waals surface area contributed by atoms with Gasteiger partial charge in [0.05, 0.1) is 19.0 Å². The smallest absolute Gasteiger partial charge is 0.319 e. The molecule has 1 aliphatic rings. The summed E-state index contributed by atoms with van der Waals surface area (Å²) in [5.41, 5.74) is 1.45. The number of carbonyl (C=O) groups excluding carboxylic acids is 1. The average Bonchev–Trinajstić information content (AvgIpc) is 3.30. The number of nitrogens with zero attached hydrogens (tertiary/aromatic N) is 1. The second-order valence-corrected chi connectivity index (χ2v) is 8.69. The standard InChI is InChI=1S/C25H23ClFN3O5/c26-18-6-2-1-4-15(18)13-30-20-7-3-5-17(20)23(33)22(24(30)34)29-25(35)28-19(12-21(31)32)14-8-10-16(27)11-9-14/h1-2,4,6,8-11,19,33H,3,5,7,12-13H2,(H,31,32)(H2,28,29,35)/t19-/m0/s1. The highest BCUT2D eigenvalue weighted by Crippen LogP contribution is 2.34. The molecule has 4 N–H and O–H groups in total. The number of aromatic nitrogens is 1. The molecule has 2 amide bonds. The van der Waals surface area contributed by atoms with Crippen LogP contribution in [0, 0.1) is 5.82 Å². The Morgan fingerprint density at radius 3 is 2.51 bits per heavy atom. The van der Waals surface area contributed by atoms with Gasteiger partial charge in [0.2, 0.25) is 0 Å². The molecule has 1 atom stereocenters. The van der Waals surface area contributed by atoms with Crippen LogP contribution in [-0.4, -0.2) is 26.8 Å². The van der Waals surface area contributed by atoms with Crippen LogP contribution >= 0.6 is 11.6 Å². The first kappa shape index (κ1) is 24.3. The Kier molecular flexibility index (Phi) is 7.07. The van der Waals surface area contributed by atoms with Crippen molar-refractivity contribution in [2.75, 3.05) is 5.32 Å². The number of carboxylic acid groups (broad SMARTS) is 1.